The Morgan fingerprint density at radius 3 is 2.80 bits per heavy atom. The predicted molar refractivity (Wildman–Crippen MR) is 67.7 cm³/mol. The van der Waals surface area contributed by atoms with Gasteiger partial charge in [0, 0.05) is 22.0 Å². The van der Waals surface area contributed by atoms with Crippen LogP contribution in [0, 0.1) is 5.92 Å². The van der Waals surface area contributed by atoms with Crippen LogP contribution >= 0.6 is 39.1 Å². The molecule has 1 aromatic carbocycles. The third kappa shape index (κ3) is 3.67. The van der Waals surface area contributed by atoms with Gasteiger partial charge in [-0.2, -0.15) is 0 Å². The number of hydrogen-bond acceptors (Lipinski definition) is 1. The van der Waals surface area contributed by atoms with Gasteiger partial charge in [0.25, 0.3) is 0 Å². The molecule has 0 saturated heterocycles. The van der Waals surface area contributed by atoms with Gasteiger partial charge in [0.05, 0.1) is 5.02 Å². The minimum Gasteiger partial charge on any atom is -0.326 e. The van der Waals surface area contributed by atoms with Crippen LogP contribution in [0.15, 0.2) is 22.7 Å². The number of benzene rings is 1. The van der Waals surface area contributed by atoms with Gasteiger partial charge in [-0.15, -0.1) is 11.6 Å². The normalized spacial score (nSPS) is 12.3. The van der Waals surface area contributed by atoms with Crippen molar-refractivity contribution < 1.29 is 4.79 Å². The lowest BCUT2D eigenvalue weighted by molar-refractivity contribution is -0.118. The Balaban J connectivity index is 2.73. The van der Waals surface area contributed by atoms with E-state index in [0.29, 0.717) is 16.6 Å². The zero-order chi connectivity index (χ0) is 11.4. The monoisotopic (exact) mass is 309 g/mol. The maximum atomic E-state index is 11.5. The average Bonchev–Trinajstić information content (AvgIpc) is 2.22. The first-order valence-corrected chi connectivity index (χ1v) is 6.07. The Labute approximate surface area is 107 Å². The standard InChI is InChI=1S/C10H10BrCl2NO/c1-6(5-12)10(15)14-7-2-3-9(13)8(11)4-7/h2-4,6H,5H2,1H3,(H,14,15). The Kier molecular flexibility index (Phi) is 4.90. The first-order valence-electron chi connectivity index (χ1n) is 4.36. The van der Waals surface area contributed by atoms with Gasteiger partial charge < -0.3 is 5.32 Å². The molecule has 1 atom stereocenters. The van der Waals surface area contributed by atoms with Crippen LogP contribution in [0.1, 0.15) is 6.92 Å². The van der Waals surface area contributed by atoms with Crippen LogP contribution < -0.4 is 5.32 Å². The molecule has 0 aliphatic carbocycles. The van der Waals surface area contributed by atoms with Gasteiger partial charge in [0.2, 0.25) is 5.91 Å². The third-order valence-electron chi connectivity index (χ3n) is 1.87. The number of rotatable bonds is 3. The summed E-state index contributed by atoms with van der Waals surface area (Å²) in [5.74, 6) is 0.000905. The van der Waals surface area contributed by atoms with Crippen LogP contribution in [0.3, 0.4) is 0 Å². The first-order chi connectivity index (χ1) is 7.04. The molecule has 0 aliphatic heterocycles. The largest absolute Gasteiger partial charge is 0.326 e. The van der Waals surface area contributed by atoms with Crippen molar-refractivity contribution in [2.75, 3.05) is 11.2 Å². The maximum Gasteiger partial charge on any atom is 0.228 e. The van der Waals surface area contributed by atoms with Gasteiger partial charge in [-0.25, -0.2) is 0 Å². The van der Waals surface area contributed by atoms with E-state index < -0.39 is 0 Å². The van der Waals surface area contributed by atoms with Gasteiger partial charge >= 0.3 is 0 Å². The summed E-state index contributed by atoms with van der Waals surface area (Å²) in [6, 6.07) is 5.21. The van der Waals surface area contributed by atoms with E-state index in [9.17, 15) is 4.79 Å². The molecule has 1 unspecified atom stereocenters. The van der Waals surface area contributed by atoms with Crippen LogP contribution in [0.5, 0.6) is 0 Å². The van der Waals surface area contributed by atoms with Crippen LogP contribution in [-0.2, 0) is 4.79 Å². The molecule has 0 aliphatic rings. The van der Waals surface area contributed by atoms with Crippen LogP contribution in [-0.4, -0.2) is 11.8 Å². The molecule has 1 amide bonds. The minimum atomic E-state index is -0.207. The highest BCUT2D eigenvalue weighted by molar-refractivity contribution is 9.10. The Morgan fingerprint density at radius 2 is 2.27 bits per heavy atom. The van der Waals surface area contributed by atoms with Gasteiger partial charge in [-0.3, -0.25) is 4.79 Å². The molecule has 0 fully saturated rings. The van der Waals surface area contributed by atoms with E-state index in [-0.39, 0.29) is 11.8 Å². The zero-order valence-corrected chi connectivity index (χ0v) is 11.2. The summed E-state index contributed by atoms with van der Waals surface area (Å²) in [6.45, 7) is 1.77. The first kappa shape index (κ1) is 12.8. The molecule has 0 aromatic heterocycles. The molecule has 0 saturated carbocycles. The Morgan fingerprint density at radius 1 is 1.60 bits per heavy atom. The van der Waals surface area contributed by atoms with Crippen molar-refractivity contribution in [3.05, 3.63) is 27.7 Å². The van der Waals surface area contributed by atoms with Crippen molar-refractivity contribution in [2.24, 2.45) is 5.92 Å². The minimum absolute atomic E-state index is 0.0979. The highest BCUT2D eigenvalue weighted by Crippen LogP contribution is 2.25. The molecule has 0 bridgehead atoms. The predicted octanol–water partition coefficient (Wildman–Crippen LogP) is 3.92. The van der Waals surface area contributed by atoms with E-state index in [0.717, 1.165) is 4.47 Å². The molecule has 1 rings (SSSR count). The molecule has 1 N–H and O–H groups in total. The van der Waals surface area contributed by atoms with E-state index in [4.69, 9.17) is 23.2 Å². The van der Waals surface area contributed by atoms with Crippen LogP contribution in [0.25, 0.3) is 0 Å². The van der Waals surface area contributed by atoms with Crippen molar-refractivity contribution >= 4 is 50.7 Å². The number of hydrogen-bond donors (Lipinski definition) is 1. The Hall–Kier alpha value is -0.250. The lowest BCUT2D eigenvalue weighted by Crippen LogP contribution is -2.21. The molecule has 0 radical (unpaired) electrons. The summed E-state index contributed by atoms with van der Waals surface area (Å²) in [5, 5.41) is 3.36. The van der Waals surface area contributed by atoms with Gasteiger partial charge in [0.15, 0.2) is 0 Å². The van der Waals surface area contributed by atoms with E-state index in [2.05, 4.69) is 21.2 Å². The second kappa shape index (κ2) is 5.73. The molecule has 82 valence electrons. The van der Waals surface area contributed by atoms with Crippen molar-refractivity contribution in [1.82, 2.24) is 0 Å². The third-order valence-corrected chi connectivity index (χ3v) is 3.54. The number of carbonyl (C=O) groups is 1. The van der Waals surface area contributed by atoms with E-state index in [1.54, 1.807) is 25.1 Å². The lowest BCUT2D eigenvalue weighted by atomic mass is 10.2. The number of halogens is 3. The molecule has 2 nitrogen and oxygen atoms in total. The number of nitrogens with one attached hydrogen (secondary N) is 1. The van der Waals surface area contributed by atoms with Crippen LogP contribution in [0.4, 0.5) is 5.69 Å². The summed E-state index contributed by atoms with van der Waals surface area (Å²) in [7, 11) is 0. The van der Waals surface area contributed by atoms with Gasteiger partial charge in [0.1, 0.15) is 0 Å². The second-order valence-corrected chi connectivity index (χ2v) is 4.74. The highest BCUT2D eigenvalue weighted by atomic mass is 79.9. The van der Waals surface area contributed by atoms with E-state index in [1.807, 2.05) is 0 Å². The summed E-state index contributed by atoms with van der Waals surface area (Å²) >= 11 is 14.7. The topological polar surface area (TPSA) is 29.1 Å². The SMILES string of the molecule is CC(CCl)C(=O)Nc1ccc(Cl)c(Br)c1. The zero-order valence-electron chi connectivity index (χ0n) is 8.06. The van der Waals surface area contributed by atoms with E-state index in [1.165, 1.54) is 0 Å². The van der Waals surface area contributed by atoms with Crippen molar-refractivity contribution in [3.63, 3.8) is 0 Å². The molecule has 0 spiro atoms. The fourth-order valence-corrected chi connectivity index (χ4v) is 1.55. The number of alkyl halides is 1. The maximum absolute atomic E-state index is 11.5. The number of carbonyl (C=O) groups excluding carboxylic acids is 1. The summed E-state index contributed by atoms with van der Waals surface area (Å²) in [4.78, 5) is 11.5. The number of amides is 1. The van der Waals surface area contributed by atoms with Gasteiger partial charge in [-0.1, -0.05) is 18.5 Å². The smallest absolute Gasteiger partial charge is 0.228 e. The highest BCUT2D eigenvalue weighted by Gasteiger charge is 2.11. The average molecular weight is 311 g/mol. The second-order valence-electron chi connectivity index (χ2n) is 3.17. The molecular formula is C10H10BrCl2NO. The molecule has 1 aromatic rings. The van der Waals surface area contributed by atoms with Crippen LogP contribution in [0.2, 0.25) is 5.02 Å². The number of anilines is 1. The molecule has 5 heteroatoms. The fraction of sp³-hybridized carbons (Fsp3) is 0.300. The summed E-state index contributed by atoms with van der Waals surface area (Å²) in [6.07, 6.45) is 0. The van der Waals surface area contributed by atoms with E-state index >= 15 is 0 Å². The van der Waals surface area contributed by atoms with Crippen molar-refractivity contribution in [1.29, 1.82) is 0 Å². The van der Waals surface area contributed by atoms with Crippen molar-refractivity contribution in [2.45, 2.75) is 6.92 Å². The summed E-state index contributed by atoms with van der Waals surface area (Å²) < 4.78 is 0.750. The quantitative estimate of drug-likeness (QED) is 0.842. The lowest BCUT2D eigenvalue weighted by Gasteiger charge is -2.09. The molecule has 0 heterocycles. The Bertz CT molecular complexity index is 370. The van der Waals surface area contributed by atoms with Gasteiger partial charge in [-0.05, 0) is 34.1 Å². The summed E-state index contributed by atoms with van der Waals surface area (Å²) in [5.41, 5.74) is 0.702. The molecule has 15 heavy (non-hydrogen) atoms. The van der Waals surface area contributed by atoms with Crippen molar-refractivity contribution in [3.8, 4) is 0 Å². The molecular weight excluding hydrogens is 301 g/mol. The fourth-order valence-electron chi connectivity index (χ4n) is 0.909.